The lowest BCUT2D eigenvalue weighted by Crippen LogP contribution is -2.46. The third-order valence-corrected chi connectivity index (χ3v) is 10.7. The van der Waals surface area contributed by atoms with Gasteiger partial charge in [-0.25, -0.2) is 28.2 Å². The molecule has 1 aliphatic heterocycles. The van der Waals surface area contributed by atoms with Crippen LogP contribution in [0.15, 0.2) is 30.6 Å². The van der Waals surface area contributed by atoms with Gasteiger partial charge in [0.15, 0.2) is 9.84 Å². The monoisotopic (exact) mass is 565 g/mol. The minimum absolute atomic E-state index is 0.222. The van der Waals surface area contributed by atoms with E-state index in [1.807, 2.05) is 33.8 Å². The van der Waals surface area contributed by atoms with E-state index < -0.39 is 21.0 Å². The van der Waals surface area contributed by atoms with Crippen molar-refractivity contribution in [1.29, 1.82) is 0 Å². The van der Waals surface area contributed by atoms with E-state index in [0.29, 0.717) is 47.7 Å². The topological polar surface area (TPSA) is 146 Å². The number of sulfone groups is 1. The molecule has 0 bridgehead atoms. The van der Waals surface area contributed by atoms with E-state index in [2.05, 4.69) is 15.3 Å². The van der Waals surface area contributed by atoms with Crippen LogP contribution in [0.5, 0.6) is 5.88 Å². The zero-order valence-electron chi connectivity index (χ0n) is 23.4. The first-order chi connectivity index (χ1) is 18.7. The van der Waals surface area contributed by atoms with Gasteiger partial charge in [-0.1, -0.05) is 6.92 Å². The number of hydrogen-bond acceptors (Lipinski definition) is 10. The van der Waals surface area contributed by atoms with Crippen molar-refractivity contribution in [2.75, 3.05) is 11.6 Å². The molecule has 0 amide bonds. The fourth-order valence-corrected chi connectivity index (χ4v) is 6.99. The van der Waals surface area contributed by atoms with Crippen LogP contribution in [0.3, 0.4) is 0 Å². The average molecular weight is 566 g/mol. The number of carbonyl (C=O) groups excluding carboxylic acids is 1. The van der Waals surface area contributed by atoms with Crippen LogP contribution >= 0.6 is 0 Å². The van der Waals surface area contributed by atoms with Crippen LogP contribution in [0.1, 0.15) is 81.4 Å². The summed E-state index contributed by atoms with van der Waals surface area (Å²) in [6.07, 6.45) is 7.88. The quantitative estimate of drug-likeness (QED) is 0.398. The van der Waals surface area contributed by atoms with Gasteiger partial charge in [0.2, 0.25) is 5.88 Å². The van der Waals surface area contributed by atoms with E-state index in [1.165, 1.54) is 6.26 Å². The van der Waals surface area contributed by atoms with Crippen molar-refractivity contribution in [3.63, 3.8) is 0 Å². The van der Waals surface area contributed by atoms with Crippen molar-refractivity contribution < 1.29 is 22.7 Å². The summed E-state index contributed by atoms with van der Waals surface area (Å²) in [7, 11) is -3.09. The molecule has 3 N–H and O–H groups in total. The van der Waals surface area contributed by atoms with Crippen LogP contribution in [-0.2, 0) is 25.5 Å². The second-order valence-electron chi connectivity index (χ2n) is 12.2. The molecule has 3 aromatic rings. The SMILES string of the molecule is CC[C@@](C)(N)c1cnc(O[C@H]2C[C@@H](S(C)(=O)=O)C2)c2cnc(Nc3ccc4c(n3)C3(CC3)C(C)(C)OC4=O)cc12. The Kier molecular flexibility index (Phi) is 5.94. The van der Waals surface area contributed by atoms with Gasteiger partial charge in [-0.3, -0.25) is 0 Å². The van der Waals surface area contributed by atoms with Gasteiger partial charge in [0, 0.05) is 37.0 Å². The molecule has 0 radical (unpaired) electrons. The normalized spacial score (nSPS) is 24.0. The molecule has 2 aliphatic carbocycles. The van der Waals surface area contributed by atoms with E-state index in [4.69, 9.17) is 20.2 Å². The Hall–Kier alpha value is -3.31. The summed E-state index contributed by atoms with van der Waals surface area (Å²) in [5, 5.41) is 4.48. The molecule has 4 heterocycles. The maximum Gasteiger partial charge on any atom is 0.340 e. The molecule has 11 heteroatoms. The fourth-order valence-electron chi connectivity index (χ4n) is 5.86. The number of pyridine rings is 3. The molecule has 0 saturated heterocycles. The smallest absolute Gasteiger partial charge is 0.340 e. The van der Waals surface area contributed by atoms with E-state index in [-0.39, 0.29) is 22.7 Å². The summed E-state index contributed by atoms with van der Waals surface area (Å²) in [4.78, 5) is 26.7. The zero-order chi connectivity index (χ0) is 28.7. The fraction of sp³-hybridized carbons (Fsp3) is 0.517. The lowest BCUT2D eigenvalue weighted by atomic mass is 9.80. The molecular formula is C29H35N5O5S. The minimum atomic E-state index is -3.09. The first kappa shape index (κ1) is 26.9. The first-order valence-electron chi connectivity index (χ1n) is 13.7. The van der Waals surface area contributed by atoms with Crippen LogP contribution in [-0.4, -0.2) is 52.5 Å². The Bertz CT molecular complexity index is 1640. The van der Waals surface area contributed by atoms with Gasteiger partial charge < -0.3 is 20.5 Å². The number of nitrogens with zero attached hydrogens (tertiary/aromatic N) is 3. The Labute approximate surface area is 234 Å². The third kappa shape index (κ3) is 4.30. The molecule has 40 heavy (non-hydrogen) atoms. The van der Waals surface area contributed by atoms with Gasteiger partial charge in [-0.15, -0.1) is 0 Å². The number of esters is 1. The Morgan fingerprint density at radius 1 is 1.15 bits per heavy atom. The summed E-state index contributed by atoms with van der Waals surface area (Å²) < 4.78 is 35.6. The molecule has 2 saturated carbocycles. The zero-order valence-corrected chi connectivity index (χ0v) is 24.3. The van der Waals surface area contributed by atoms with Gasteiger partial charge in [-0.2, -0.15) is 0 Å². The van der Waals surface area contributed by atoms with Crippen molar-refractivity contribution in [1.82, 2.24) is 15.0 Å². The molecule has 3 aromatic heterocycles. The van der Waals surface area contributed by atoms with Crippen molar-refractivity contribution in [3.05, 3.63) is 47.4 Å². The number of ether oxygens (including phenoxy) is 2. The standard InChI is InChI=1S/C29H35N5O5S/c1-6-28(4,30)21-15-32-25(38-16-11-17(12-16)40(5,36)37)20-14-31-23(13-19(20)21)33-22-8-7-18-24(34-22)29(9-10-29)27(2,3)39-26(18)35/h7-8,13-17H,6,9-12,30H2,1-5H3,(H,31,33,34)/t16-,17+,28-/m1/s1. The highest BCUT2D eigenvalue weighted by Crippen LogP contribution is 2.59. The van der Waals surface area contributed by atoms with Crippen LogP contribution in [0.2, 0.25) is 0 Å². The molecule has 1 spiro atoms. The van der Waals surface area contributed by atoms with Crippen LogP contribution in [0, 0.1) is 0 Å². The number of nitrogens with one attached hydrogen (secondary N) is 1. The summed E-state index contributed by atoms with van der Waals surface area (Å²) in [5.74, 6) is 1.21. The van der Waals surface area contributed by atoms with Gasteiger partial charge >= 0.3 is 5.97 Å². The van der Waals surface area contributed by atoms with Crippen molar-refractivity contribution in [2.45, 2.75) is 87.7 Å². The van der Waals surface area contributed by atoms with Gasteiger partial charge in [0.05, 0.1) is 27.3 Å². The first-order valence-corrected chi connectivity index (χ1v) is 15.6. The van der Waals surface area contributed by atoms with E-state index >= 15 is 0 Å². The highest BCUT2D eigenvalue weighted by Gasteiger charge is 2.63. The predicted molar refractivity (Wildman–Crippen MR) is 152 cm³/mol. The number of carbonyl (C=O) groups is 1. The lowest BCUT2D eigenvalue weighted by Gasteiger charge is -2.39. The molecule has 2 fully saturated rings. The van der Waals surface area contributed by atoms with E-state index in [0.717, 1.165) is 29.5 Å². The predicted octanol–water partition coefficient (Wildman–Crippen LogP) is 4.29. The summed E-state index contributed by atoms with van der Waals surface area (Å²) in [6.45, 7) is 7.88. The largest absolute Gasteiger partial charge is 0.474 e. The van der Waals surface area contributed by atoms with Gasteiger partial charge in [0.25, 0.3) is 0 Å². The maximum atomic E-state index is 12.6. The molecule has 0 aromatic carbocycles. The summed E-state index contributed by atoms with van der Waals surface area (Å²) in [5.41, 5.74) is 7.28. The molecule has 212 valence electrons. The molecule has 6 rings (SSSR count). The van der Waals surface area contributed by atoms with Crippen LogP contribution in [0.25, 0.3) is 10.8 Å². The van der Waals surface area contributed by atoms with Crippen molar-refractivity contribution >= 4 is 38.2 Å². The third-order valence-electron chi connectivity index (χ3n) is 9.10. The molecular weight excluding hydrogens is 530 g/mol. The van der Waals surface area contributed by atoms with E-state index in [9.17, 15) is 13.2 Å². The molecule has 3 aliphatic rings. The van der Waals surface area contributed by atoms with Crippen LogP contribution in [0.4, 0.5) is 11.6 Å². The molecule has 10 nitrogen and oxygen atoms in total. The number of hydrogen-bond donors (Lipinski definition) is 2. The van der Waals surface area contributed by atoms with Crippen LogP contribution < -0.4 is 15.8 Å². The summed E-state index contributed by atoms with van der Waals surface area (Å²) in [6, 6.07) is 5.43. The number of rotatable bonds is 7. The lowest BCUT2D eigenvalue weighted by molar-refractivity contribution is -0.0285. The summed E-state index contributed by atoms with van der Waals surface area (Å²) >= 11 is 0. The van der Waals surface area contributed by atoms with E-state index in [1.54, 1.807) is 24.5 Å². The minimum Gasteiger partial charge on any atom is -0.474 e. The van der Waals surface area contributed by atoms with Gasteiger partial charge in [-0.05, 0) is 69.2 Å². The average Bonchev–Trinajstić information content (AvgIpc) is 3.66. The molecule has 1 atom stereocenters. The van der Waals surface area contributed by atoms with Crippen molar-refractivity contribution in [2.24, 2.45) is 5.73 Å². The number of fused-ring (bicyclic) bond motifs is 3. The Balaban J connectivity index is 1.34. The maximum absolute atomic E-state index is 12.6. The van der Waals surface area contributed by atoms with Crippen molar-refractivity contribution in [3.8, 4) is 5.88 Å². The number of cyclic esters (lactones) is 1. The highest BCUT2D eigenvalue weighted by molar-refractivity contribution is 7.91. The second kappa shape index (κ2) is 8.84. The molecule has 0 unspecified atom stereocenters. The Morgan fingerprint density at radius 3 is 2.52 bits per heavy atom. The number of aromatic nitrogens is 3. The number of nitrogens with two attached hydrogens (primary N) is 1. The van der Waals surface area contributed by atoms with Gasteiger partial charge in [0.1, 0.15) is 23.3 Å². The highest BCUT2D eigenvalue weighted by atomic mass is 32.2. The Morgan fingerprint density at radius 2 is 1.88 bits per heavy atom. The number of anilines is 2. The second-order valence-corrected chi connectivity index (χ2v) is 14.6.